The van der Waals surface area contributed by atoms with Crippen LogP contribution in [0, 0.1) is 5.92 Å². The molecule has 1 fully saturated rings. The summed E-state index contributed by atoms with van der Waals surface area (Å²) < 4.78 is 0. The minimum absolute atomic E-state index is 0.0814. The van der Waals surface area contributed by atoms with Crippen LogP contribution in [0.1, 0.15) is 55.2 Å². The van der Waals surface area contributed by atoms with Gasteiger partial charge in [-0.3, -0.25) is 9.59 Å². The van der Waals surface area contributed by atoms with E-state index in [0.717, 1.165) is 17.8 Å². The number of amides is 1. The smallest absolute Gasteiger partial charge is 0.308 e. The Hall–Kier alpha value is -1.43. The van der Waals surface area contributed by atoms with E-state index in [0.29, 0.717) is 4.88 Å². The van der Waals surface area contributed by atoms with Gasteiger partial charge in [-0.05, 0) is 12.8 Å². The first kappa shape index (κ1) is 15.9. The van der Waals surface area contributed by atoms with Gasteiger partial charge < -0.3 is 10.0 Å². The molecule has 0 unspecified atom stereocenters. The van der Waals surface area contributed by atoms with Crippen LogP contribution in [-0.4, -0.2) is 39.5 Å². The van der Waals surface area contributed by atoms with Crippen molar-refractivity contribution in [2.75, 3.05) is 6.54 Å². The molecule has 1 amide bonds. The number of hydrogen-bond acceptors (Lipinski definition) is 4. The highest BCUT2D eigenvalue weighted by atomic mass is 32.1. The molecule has 0 saturated heterocycles. The maximum Gasteiger partial charge on any atom is 0.308 e. The molecule has 116 valence electrons. The molecule has 1 aromatic heterocycles. The third-order valence-electron chi connectivity index (χ3n) is 3.50. The van der Waals surface area contributed by atoms with Gasteiger partial charge in [0.2, 0.25) is 0 Å². The Labute approximate surface area is 129 Å². The van der Waals surface area contributed by atoms with Gasteiger partial charge in [0.1, 0.15) is 4.88 Å². The Morgan fingerprint density at radius 3 is 2.52 bits per heavy atom. The summed E-state index contributed by atoms with van der Waals surface area (Å²) in [4.78, 5) is 30.3. The number of aliphatic carboxylic acids is 1. The summed E-state index contributed by atoms with van der Waals surface area (Å²) >= 11 is 1.41. The van der Waals surface area contributed by atoms with Gasteiger partial charge in [0, 0.05) is 18.0 Å². The topological polar surface area (TPSA) is 70.5 Å². The molecule has 5 nitrogen and oxygen atoms in total. The van der Waals surface area contributed by atoms with Crippen molar-refractivity contribution in [1.82, 2.24) is 9.88 Å². The standard InChI is InChI=1S/C15H22N2O3S/c1-9(13(19)20)8-17(10-5-6-10)12(18)11-7-16-14(21-11)15(2,3)4/h7,9-10H,5-6,8H2,1-4H3,(H,19,20)/t9-/m1/s1. The third-order valence-corrected chi connectivity index (χ3v) is 4.91. The largest absolute Gasteiger partial charge is 0.481 e. The average Bonchev–Trinajstić information content (AvgIpc) is 3.08. The van der Waals surface area contributed by atoms with Crippen molar-refractivity contribution < 1.29 is 14.7 Å². The molecule has 21 heavy (non-hydrogen) atoms. The minimum atomic E-state index is -0.867. The molecule has 1 heterocycles. The Kier molecular flexibility index (Phi) is 4.37. The normalized spacial score (nSPS) is 16.6. The Morgan fingerprint density at radius 1 is 1.48 bits per heavy atom. The lowest BCUT2D eigenvalue weighted by atomic mass is 9.98. The van der Waals surface area contributed by atoms with Crippen LogP contribution in [0.25, 0.3) is 0 Å². The predicted molar refractivity (Wildman–Crippen MR) is 81.7 cm³/mol. The molecule has 1 atom stereocenters. The number of rotatable bonds is 5. The van der Waals surface area contributed by atoms with Crippen LogP contribution in [0.3, 0.4) is 0 Å². The van der Waals surface area contributed by atoms with Gasteiger partial charge in [0.15, 0.2) is 0 Å². The SMILES string of the molecule is C[C@H](CN(C(=O)c1cnc(C(C)(C)C)s1)C1CC1)C(=O)O. The molecular weight excluding hydrogens is 288 g/mol. The molecule has 0 radical (unpaired) electrons. The van der Waals surface area contributed by atoms with Crippen LogP contribution in [0.5, 0.6) is 0 Å². The molecule has 1 N–H and O–H groups in total. The molecule has 2 rings (SSSR count). The molecule has 0 bridgehead atoms. The first-order valence-corrected chi connectivity index (χ1v) is 8.02. The number of carbonyl (C=O) groups excluding carboxylic acids is 1. The van der Waals surface area contributed by atoms with Gasteiger partial charge in [-0.1, -0.05) is 27.7 Å². The van der Waals surface area contributed by atoms with Crippen molar-refractivity contribution in [3.05, 3.63) is 16.1 Å². The summed E-state index contributed by atoms with van der Waals surface area (Å²) in [6, 6.07) is 0.194. The summed E-state index contributed by atoms with van der Waals surface area (Å²) in [6.45, 7) is 8.08. The van der Waals surface area contributed by atoms with E-state index in [1.165, 1.54) is 11.3 Å². The number of carboxylic acids is 1. The van der Waals surface area contributed by atoms with E-state index in [1.807, 2.05) is 0 Å². The molecule has 1 saturated carbocycles. The fraction of sp³-hybridized carbons (Fsp3) is 0.667. The van der Waals surface area contributed by atoms with E-state index >= 15 is 0 Å². The zero-order valence-corrected chi connectivity index (χ0v) is 13.7. The molecule has 0 aromatic carbocycles. The Bertz CT molecular complexity index is 543. The summed E-state index contributed by atoms with van der Waals surface area (Å²) in [7, 11) is 0. The monoisotopic (exact) mass is 310 g/mol. The van der Waals surface area contributed by atoms with Gasteiger partial charge in [-0.25, -0.2) is 4.98 Å². The summed E-state index contributed by atoms with van der Waals surface area (Å²) in [5, 5.41) is 9.97. The highest BCUT2D eigenvalue weighted by Crippen LogP contribution is 2.32. The van der Waals surface area contributed by atoms with E-state index in [2.05, 4.69) is 25.8 Å². The fourth-order valence-corrected chi connectivity index (χ4v) is 2.95. The van der Waals surface area contributed by atoms with Crippen molar-refractivity contribution in [2.45, 2.75) is 52.0 Å². The number of aromatic nitrogens is 1. The quantitative estimate of drug-likeness (QED) is 0.908. The van der Waals surface area contributed by atoms with Crippen molar-refractivity contribution >= 4 is 23.2 Å². The number of hydrogen-bond donors (Lipinski definition) is 1. The van der Waals surface area contributed by atoms with Crippen molar-refractivity contribution in [2.24, 2.45) is 5.92 Å². The zero-order valence-electron chi connectivity index (χ0n) is 12.9. The molecule has 1 aliphatic carbocycles. The summed E-state index contributed by atoms with van der Waals surface area (Å²) in [5.74, 6) is -1.50. The predicted octanol–water partition coefficient (Wildman–Crippen LogP) is 2.77. The first-order chi connectivity index (χ1) is 9.70. The van der Waals surface area contributed by atoms with Gasteiger partial charge in [0.05, 0.1) is 17.1 Å². The molecule has 6 heteroatoms. The van der Waals surface area contributed by atoms with Gasteiger partial charge in [-0.15, -0.1) is 11.3 Å². The van der Waals surface area contributed by atoms with E-state index in [1.54, 1.807) is 18.0 Å². The van der Waals surface area contributed by atoms with E-state index in [4.69, 9.17) is 5.11 Å². The molecular formula is C15H22N2O3S. The van der Waals surface area contributed by atoms with Crippen LogP contribution >= 0.6 is 11.3 Å². The lowest BCUT2D eigenvalue weighted by Crippen LogP contribution is -2.38. The summed E-state index contributed by atoms with van der Waals surface area (Å²) in [5.41, 5.74) is -0.0814. The molecule has 0 aliphatic heterocycles. The molecule has 0 spiro atoms. The second-order valence-corrected chi connectivity index (χ2v) is 7.74. The molecule has 1 aliphatic rings. The van der Waals surface area contributed by atoms with Crippen LogP contribution in [0.4, 0.5) is 0 Å². The lowest BCUT2D eigenvalue weighted by Gasteiger charge is -2.23. The van der Waals surface area contributed by atoms with Crippen LogP contribution in [0.2, 0.25) is 0 Å². The minimum Gasteiger partial charge on any atom is -0.481 e. The third kappa shape index (κ3) is 3.81. The highest BCUT2D eigenvalue weighted by Gasteiger charge is 2.36. The zero-order chi connectivity index (χ0) is 15.8. The fourth-order valence-electron chi connectivity index (χ4n) is 2.02. The first-order valence-electron chi connectivity index (χ1n) is 7.20. The Morgan fingerprint density at radius 2 is 2.10 bits per heavy atom. The maximum absolute atomic E-state index is 12.6. The van der Waals surface area contributed by atoms with Crippen molar-refractivity contribution in [3.63, 3.8) is 0 Å². The van der Waals surface area contributed by atoms with Crippen LogP contribution in [-0.2, 0) is 10.2 Å². The Balaban J connectivity index is 2.15. The van der Waals surface area contributed by atoms with Gasteiger partial charge in [-0.2, -0.15) is 0 Å². The molecule has 1 aromatic rings. The van der Waals surface area contributed by atoms with Crippen molar-refractivity contribution in [3.8, 4) is 0 Å². The maximum atomic E-state index is 12.6. The number of thiazole rings is 1. The van der Waals surface area contributed by atoms with Crippen molar-refractivity contribution in [1.29, 1.82) is 0 Å². The van der Waals surface area contributed by atoms with E-state index in [9.17, 15) is 9.59 Å². The second-order valence-electron chi connectivity index (χ2n) is 6.71. The highest BCUT2D eigenvalue weighted by molar-refractivity contribution is 7.13. The number of nitrogens with zero attached hydrogens (tertiary/aromatic N) is 2. The average molecular weight is 310 g/mol. The summed E-state index contributed by atoms with van der Waals surface area (Å²) in [6.07, 6.45) is 3.54. The number of carbonyl (C=O) groups is 2. The second kappa shape index (κ2) is 5.75. The lowest BCUT2D eigenvalue weighted by molar-refractivity contribution is -0.141. The van der Waals surface area contributed by atoms with E-state index in [-0.39, 0.29) is 23.9 Å². The van der Waals surface area contributed by atoms with Crippen LogP contribution < -0.4 is 0 Å². The van der Waals surface area contributed by atoms with Gasteiger partial charge in [0.25, 0.3) is 5.91 Å². The van der Waals surface area contributed by atoms with Crippen LogP contribution in [0.15, 0.2) is 6.20 Å². The van der Waals surface area contributed by atoms with E-state index < -0.39 is 11.9 Å². The number of carboxylic acid groups (broad SMARTS) is 1. The van der Waals surface area contributed by atoms with Gasteiger partial charge >= 0.3 is 5.97 Å².